The van der Waals surface area contributed by atoms with Crippen LogP contribution in [0.5, 0.6) is 5.75 Å². The summed E-state index contributed by atoms with van der Waals surface area (Å²) in [4.78, 5) is 39.7. The Morgan fingerprint density at radius 1 is 0.949 bits per heavy atom. The molecule has 0 aliphatic carbocycles. The van der Waals surface area contributed by atoms with Crippen LogP contribution in [0.2, 0.25) is 5.02 Å². The van der Waals surface area contributed by atoms with Crippen molar-refractivity contribution in [1.29, 1.82) is 0 Å². The van der Waals surface area contributed by atoms with E-state index in [0.29, 0.717) is 21.8 Å². The number of nitrogens with one attached hydrogen (secondary N) is 2. The van der Waals surface area contributed by atoms with Crippen LogP contribution in [-0.2, 0) is 9.59 Å². The van der Waals surface area contributed by atoms with E-state index in [9.17, 15) is 19.5 Å². The lowest BCUT2D eigenvalue weighted by atomic mass is 10.0. The monoisotopic (exact) mass is 540 g/mol. The molecule has 0 fully saturated rings. The second kappa shape index (κ2) is 10.6. The van der Waals surface area contributed by atoms with Crippen LogP contribution in [0.15, 0.2) is 101 Å². The molecule has 0 saturated heterocycles. The van der Waals surface area contributed by atoms with Crippen molar-refractivity contribution in [2.75, 3.05) is 10.3 Å². The zero-order valence-electron chi connectivity index (χ0n) is 20.2. The number of nitrogens with zero attached hydrogens (tertiary/aromatic N) is 3. The number of anilines is 2. The molecule has 1 heterocycles. The Balaban J connectivity index is 1.48. The summed E-state index contributed by atoms with van der Waals surface area (Å²) in [6, 6.07) is 24.9. The molecular formula is C28H21ClN6O4. The van der Waals surface area contributed by atoms with Crippen LogP contribution < -0.4 is 21.5 Å². The third-order valence-electron chi connectivity index (χ3n) is 5.96. The lowest BCUT2D eigenvalue weighted by Gasteiger charge is -2.16. The first kappa shape index (κ1) is 25.4. The fourth-order valence-electron chi connectivity index (χ4n) is 4.04. The Hall–Kier alpha value is -5.22. The Kier molecular flexibility index (Phi) is 6.94. The van der Waals surface area contributed by atoms with Gasteiger partial charge in [0, 0.05) is 10.7 Å². The zero-order chi connectivity index (χ0) is 27.5. The number of halogens is 1. The number of carbonyl (C=O) groups is 3. The topological polar surface area (TPSA) is 149 Å². The molecule has 1 unspecified atom stereocenters. The summed E-state index contributed by atoms with van der Waals surface area (Å²) < 4.78 is 0. The molecule has 0 radical (unpaired) electrons. The molecule has 10 nitrogen and oxygen atoms in total. The van der Waals surface area contributed by atoms with Gasteiger partial charge in [-0.3, -0.25) is 14.4 Å². The second-order valence-corrected chi connectivity index (χ2v) is 9.00. The van der Waals surface area contributed by atoms with Gasteiger partial charge in [-0.25, -0.2) is 5.43 Å². The number of hydrogen-bond acceptors (Lipinski definition) is 7. The summed E-state index contributed by atoms with van der Waals surface area (Å²) in [7, 11) is 0. The standard InChI is InChI=1S/C28H21ClN6O4/c29-18-10-12-19(13-11-18)31-27(38)24(23-25(30)34-35(28(23)39)20-8-2-1-3-9-20)32-33-26(37)21-14-16-6-4-5-7-17(16)15-22(21)36/h1-15,23,36H,(H2,30,34)(H,31,38)(H,33,37)/b32-24-. The Morgan fingerprint density at radius 2 is 1.59 bits per heavy atom. The van der Waals surface area contributed by atoms with Crippen molar-refractivity contribution >= 4 is 63.0 Å². The molecule has 0 aromatic heterocycles. The maximum absolute atomic E-state index is 13.4. The fourth-order valence-corrected chi connectivity index (χ4v) is 4.16. The molecule has 0 bridgehead atoms. The molecule has 0 spiro atoms. The number of hydrogen-bond donors (Lipinski definition) is 4. The normalized spacial score (nSPS) is 15.3. The van der Waals surface area contributed by atoms with Gasteiger partial charge in [-0.05, 0) is 59.3 Å². The third kappa shape index (κ3) is 5.27. The first-order chi connectivity index (χ1) is 18.8. The summed E-state index contributed by atoms with van der Waals surface area (Å²) in [6.45, 7) is 0. The van der Waals surface area contributed by atoms with Crippen molar-refractivity contribution in [3.63, 3.8) is 0 Å². The van der Waals surface area contributed by atoms with Gasteiger partial charge in [0.25, 0.3) is 17.7 Å². The first-order valence-electron chi connectivity index (χ1n) is 11.7. The number of amidine groups is 1. The number of para-hydroxylation sites is 1. The van der Waals surface area contributed by atoms with Crippen LogP contribution in [0.3, 0.4) is 0 Å². The molecule has 11 heteroatoms. The highest BCUT2D eigenvalue weighted by molar-refractivity contribution is 6.52. The summed E-state index contributed by atoms with van der Waals surface area (Å²) in [5, 5.41) is 24.2. The highest BCUT2D eigenvalue weighted by Crippen LogP contribution is 2.26. The molecule has 1 atom stereocenters. The van der Waals surface area contributed by atoms with E-state index in [2.05, 4.69) is 20.9 Å². The average Bonchev–Trinajstić information content (AvgIpc) is 3.23. The minimum absolute atomic E-state index is 0.0693. The molecule has 39 heavy (non-hydrogen) atoms. The highest BCUT2D eigenvalue weighted by Gasteiger charge is 2.42. The lowest BCUT2D eigenvalue weighted by molar-refractivity contribution is -0.119. The molecule has 4 aromatic carbocycles. The van der Waals surface area contributed by atoms with Gasteiger partial charge in [0.15, 0.2) is 0 Å². The van der Waals surface area contributed by atoms with E-state index in [0.717, 1.165) is 10.4 Å². The lowest BCUT2D eigenvalue weighted by Crippen LogP contribution is -2.43. The predicted octanol–water partition coefficient (Wildman–Crippen LogP) is 3.86. The van der Waals surface area contributed by atoms with Crippen LogP contribution in [0, 0.1) is 5.92 Å². The van der Waals surface area contributed by atoms with Gasteiger partial charge >= 0.3 is 0 Å². The minimum Gasteiger partial charge on any atom is -0.507 e. The summed E-state index contributed by atoms with van der Waals surface area (Å²) in [6.07, 6.45) is 0. The Bertz CT molecular complexity index is 1650. The van der Waals surface area contributed by atoms with E-state index in [4.69, 9.17) is 17.3 Å². The largest absolute Gasteiger partial charge is 0.507 e. The average molecular weight is 541 g/mol. The zero-order valence-corrected chi connectivity index (χ0v) is 21.0. The van der Waals surface area contributed by atoms with Gasteiger partial charge in [0.2, 0.25) is 0 Å². The molecular weight excluding hydrogens is 520 g/mol. The van der Waals surface area contributed by atoms with Crippen molar-refractivity contribution < 1.29 is 19.5 Å². The SMILES string of the molecule is NC1=NN(c2ccccc2)C(=O)C1/C(=N/NC(=O)c1cc2ccccc2cc1O)C(=O)Nc1ccc(Cl)cc1. The fraction of sp³-hybridized carbons (Fsp3) is 0.0357. The van der Waals surface area contributed by atoms with Crippen molar-refractivity contribution in [2.24, 2.45) is 21.9 Å². The number of phenols is 1. The number of carbonyl (C=O) groups excluding carboxylic acids is 3. The number of aromatic hydroxyl groups is 1. The van der Waals surface area contributed by atoms with Gasteiger partial charge in [-0.1, -0.05) is 54.1 Å². The maximum Gasteiger partial charge on any atom is 0.275 e. The highest BCUT2D eigenvalue weighted by atomic mass is 35.5. The quantitative estimate of drug-likeness (QED) is 0.216. The van der Waals surface area contributed by atoms with E-state index in [1.54, 1.807) is 78.9 Å². The molecule has 5 rings (SSSR count). The smallest absolute Gasteiger partial charge is 0.275 e. The number of fused-ring (bicyclic) bond motifs is 1. The number of nitrogens with two attached hydrogens (primary N) is 1. The Labute approximate surface area is 227 Å². The van der Waals surface area contributed by atoms with Crippen molar-refractivity contribution in [1.82, 2.24) is 5.43 Å². The molecule has 4 aromatic rings. The first-order valence-corrected chi connectivity index (χ1v) is 12.1. The van der Waals surface area contributed by atoms with Crippen molar-refractivity contribution in [3.05, 3.63) is 102 Å². The van der Waals surface area contributed by atoms with Gasteiger partial charge in [0.05, 0.1) is 11.3 Å². The van der Waals surface area contributed by atoms with Crippen LogP contribution in [0.25, 0.3) is 10.8 Å². The van der Waals surface area contributed by atoms with Gasteiger partial charge in [-0.2, -0.15) is 15.2 Å². The predicted molar refractivity (Wildman–Crippen MR) is 150 cm³/mol. The molecule has 5 N–H and O–H groups in total. The van der Waals surface area contributed by atoms with Crippen molar-refractivity contribution in [3.8, 4) is 5.75 Å². The van der Waals surface area contributed by atoms with E-state index < -0.39 is 29.4 Å². The molecule has 1 aliphatic rings. The Morgan fingerprint density at radius 3 is 2.28 bits per heavy atom. The molecule has 1 aliphatic heterocycles. The van der Waals surface area contributed by atoms with Gasteiger partial charge in [0.1, 0.15) is 23.2 Å². The van der Waals surface area contributed by atoms with Gasteiger partial charge in [-0.15, -0.1) is 0 Å². The van der Waals surface area contributed by atoms with Crippen molar-refractivity contribution in [2.45, 2.75) is 0 Å². The van der Waals surface area contributed by atoms with Crippen LogP contribution >= 0.6 is 11.6 Å². The van der Waals surface area contributed by atoms with Crippen LogP contribution in [0.1, 0.15) is 10.4 Å². The van der Waals surface area contributed by atoms with E-state index in [1.165, 1.54) is 12.1 Å². The summed E-state index contributed by atoms with van der Waals surface area (Å²) in [5.74, 6) is -4.07. The van der Waals surface area contributed by atoms with Crippen LogP contribution in [0.4, 0.5) is 11.4 Å². The number of amides is 3. The number of phenolic OH excluding ortho intramolecular Hbond substituents is 1. The van der Waals surface area contributed by atoms with E-state index in [-0.39, 0.29) is 17.1 Å². The number of rotatable bonds is 6. The minimum atomic E-state index is -1.39. The molecule has 3 amide bonds. The summed E-state index contributed by atoms with van der Waals surface area (Å²) in [5.41, 5.74) is 8.73. The van der Waals surface area contributed by atoms with Gasteiger partial charge < -0.3 is 16.2 Å². The maximum atomic E-state index is 13.4. The molecule has 194 valence electrons. The third-order valence-corrected chi connectivity index (χ3v) is 6.21. The summed E-state index contributed by atoms with van der Waals surface area (Å²) >= 11 is 5.93. The number of benzene rings is 4. The van der Waals surface area contributed by atoms with E-state index in [1.807, 2.05) is 0 Å². The number of hydrazone groups is 2. The van der Waals surface area contributed by atoms with E-state index >= 15 is 0 Å². The molecule has 0 saturated carbocycles. The second-order valence-electron chi connectivity index (χ2n) is 8.56. The van der Waals surface area contributed by atoms with Crippen LogP contribution in [-0.4, -0.2) is 34.4 Å².